The largest absolute Gasteiger partial charge is 0.396 e. The minimum Gasteiger partial charge on any atom is -0.396 e. The first-order chi connectivity index (χ1) is 4.74. The van der Waals surface area contributed by atoms with Gasteiger partial charge in [0.2, 0.25) is 0 Å². The molecule has 0 fully saturated rings. The molecule has 56 valence electrons. The van der Waals surface area contributed by atoms with Gasteiger partial charge in [-0.15, -0.1) is 11.3 Å². The molecule has 1 aromatic rings. The van der Waals surface area contributed by atoms with Crippen LogP contribution in [0.3, 0.4) is 0 Å². The third kappa shape index (κ3) is 1.55. The van der Waals surface area contributed by atoms with Gasteiger partial charge in [0.25, 0.3) is 0 Å². The molecule has 0 aromatic carbocycles. The maximum absolute atomic E-state index is 8.63. The van der Waals surface area contributed by atoms with Gasteiger partial charge in [-0.1, -0.05) is 0 Å². The summed E-state index contributed by atoms with van der Waals surface area (Å²) in [6.45, 7) is 4.19. The van der Waals surface area contributed by atoms with Crippen LogP contribution in [-0.4, -0.2) is 16.7 Å². The summed E-state index contributed by atoms with van der Waals surface area (Å²) in [4.78, 5) is 5.45. The van der Waals surface area contributed by atoms with Gasteiger partial charge in [-0.05, 0) is 13.8 Å². The Morgan fingerprint density at radius 2 is 2.20 bits per heavy atom. The number of aliphatic hydroxyl groups excluding tert-OH is 1. The molecule has 0 spiro atoms. The molecule has 1 heterocycles. The highest BCUT2D eigenvalue weighted by atomic mass is 32.1. The summed E-state index contributed by atoms with van der Waals surface area (Å²) in [5, 5.41) is 9.72. The van der Waals surface area contributed by atoms with Crippen LogP contribution in [0.25, 0.3) is 0 Å². The molecule has 0 unspecified atom stereocenters. The maximum Gasteiger partial charge on any atom is 0.0900 e. The van der Waals surface area contributed by atoms with Crippen LogP contribution < -0.4 is 0 Å². The van der Waals surface area contributed by atoms with E-state index in [0.29, 0.717) is 0 Å². The van der Waals surface area contributed by atoms with Crippen LogP contribution in [0.5, 0.6) is 0 Å². The van der Waals surface area contributed by atoms with Gasteiger partial charge in [-0.3, -0.25) is 0 Å². The Morgan fingerprint density at radius 1 is 1.50 bits per heavy atom. The van der Waals surface area contributed by atoms with Crippen LogP contribution >= 0.6 is 11.3 Å². The number of hydrogen-bond acceptors (Lipinski definition) is 3. The molecule has 10 heavy (non-hydrogen) atoms. The van der Waals surface area contributed by atoms with Gasteiger partial charge in [-0.2, -0.15) is 0 Å². The number of rotatable bonds is 2. The minimum absolute atomic E-state index is 0.225. The maximum atomic E-state index is 8.63. The highest BCUT2D eigenvalue weighted by Crippen LogP contribution is 2.16. The molecule has 0 aliphatic heterocycles. The number of thiazole rings is 1. The van der Waals surface area contributed by atoms with Gasteiger partial charge in [-0.25, -0.2) is 4.98 Å². The van der Waals surface area contributed by atoms with Gasteiger partial charge in [0, 0.05) is 17.9 Å². The average Bonchev–Trinajstić information content (AvgIpc) is 2.13. The molecule has 3 heteroatoms. The summed E-state index contributed by atoms with van der Waals surface area (Å²) in [5.74, 6) is 0. The smallest absolute Gasteiger partial charge is 0.0900 e. The van der Waals surface area contributed by atoms with Gasteiger partial charge in [0.1, 0.15) is 0 Å². The van der Waals surface area contributed by atoms with Gasteiger partial charge >= 0.3 is 0 Å². The molecule has 1 rings (SSSR count). The Balaban J connectivity index is 2.81. The highest BCUT2D eigenvalue weighted by molar-refractivity contribution is 7.11. The van der Waals surface area contributed by atoms with Crippen molar-refractivity contribution in [1.82, 2.24) is 4.98 Å². The summed E-state index contributed by atoms with van der Waals surface area (Å²) in [7, 11) is 0. The van der Waals surface area contributed by atoms with E-state index in [0.717, 1.165) is 17.1 Å². The number of aryl methyl sites for hydroxylation is 2. The van der Waals surface area contributed by atoms with Crippen molar-refractivity contribution in [3.05, 3.63) is 15.6 Å². The van der Waals surface area contributed by atoms with Crippen molar-refractivity contribution >= 4 is 11.3 Å². The lowest BCUT2D eigenvalue weighted by molar-refractivity contribution is 0.300. The minimum atomic E-state index is 0.225. The predicted octanol–water partition coefficient (Wildman–Crippen LogP) is 1.29. The van der Waals surface area contributed by atoms with Crippen LogP contribution in [0, 0.1) is 13.8 Å². The second-order valence-corrected chi connectivity index (χ2v) is 3.50. The van der Waals surface area contributed by atoms with Crippen molar-refractivity contribution < 1.29 is 5.11 Å². The summed E-state index contributed by atoms with van der Waals surface area (Å²) < 4.78 is 0. The highest BCUT2D eigenvalue weighted by Gasteiger charge is 2.02. The predicted molar refractivity (Wildman–Crippen MR) is 42.4 cm³/mol. The molecule has 0 aliphatic rings. The van der Waals surface area contributed by atoms with Crippen molar-refractivity contribution in [2.24, 2.45) is 0 Å². The van der Waals surface area contributed by atoms with Crippen molar-refractivity contribution in [3.8, 4) is 0 Å². The number of nitrogens with zero attached hydrogens (tertiary/aromatic N) is 1. The summed E-state index contributed by atoms with van der Waals surface area (Å²) >= 11 is 1.67. The molecular weight excluding hydrogens is 146 g/mol. The molecule has 0 amide bonds. The van der Waals surface area contributed by atoms with E-state index < -0.39 is 0 Å². The molecule has 0 saturated carbocycles. The fourth-order valence-electron chi connectivity index (χ4n) is 0.907. The Morgan fingerprint density at radius 3 is 2.60 bits per heavy atom. The normalized spacial score (nSPS) is 10.3. The van der Waals surface area contributed by atoms with E-state index in [2.05, 4.69) is 4.98 Å². The Labute approximate surface area is 64.5 Å². The molecule has 0 saturated heterocycles. The van der Waals surface area contributed by atoms with Gasteiger partial charge in [0.05, 0.1) is 10.7 Å². The number of aliphatic hydroxyl groups is 1. The fraction of sp³-hybridized carbons (Fsp3) is 0.571. The lowest BCUT2D eigenvalue weighted by Gasteiger charge is -1.90. The Kier molecular flexibility index (Phi) is 2.40. The number of hydrogen-bond donors (Lipinski definition) is 1. The molecule has 0 radical (unpaired) electrons. The first-order valence-electron chi connectivity index (χ1n) is 3.28. The molecule has 0 atom stereocenters. The van der Waals surface area contributed by atoms with E-state index in [-0.39, 0.29) is 6.61 Å². The van der Waals surface area contributed by atoms with Crippen LogP contribution in [0.15, 0.2) is 0 Å². The molecular formula is C7H11NOS. The summed E-state index contributed by atoms with van der Waals surface area (Å²) in [6.07, 6.45) is 0.747. The van der Waals surface area contributed by atoms with Crippen molar-refractivity contribution in [2.45, 2.75) is 20.3 Å². The van der Waals surface area contributed by atoms with Gasteiger partial charge < -0.3 is 5.11 Å². The Hall–Kier alpha value is -0.410. The third-order valence-electron chi connectivity index (χ3n) is 1.34. The Bertz CT molecular complexity index is 219. The topological polar surface area (TPSA) is 33.1 Å². The molecule has 1 aromatic heterocycles. The fourth-order valence-corrected chi connectivity index (χ4v) is 1.83. The second kappa shape index (κ2) is 3.12. The van der Waals surface area contributed by atoms with Crippen LogP contribution in [0.2, 0.25) is 0 Å². The van der Waals surface area contributed by atoms with Crippen LogP contribution in [-0.2, 0) is 6.42 Å². The lowest BCUT2D eigenvalue weighted by atomic mass is 10.3. The van der Waals surface area contributed by atoms with Crippen molar-refractivity contribution in [1.29, 1.82) is 0 Å². The first kappa shape index (κ1) is 7.69. The monoisotopic (exact) mass is 157 g/mol. The molecule has 2 nitrogen and oxygen atoms in total. The van der Waals surface area contributed by atoms with E-state index in [1.165, 1.54) is 4.88 Å². The van der Waals surface area contributed by atoms with E-state index in [1.807, 2.05) is 13.8 Å². The van der Waals surface area contributed by atoms with Crippen molar-refractivity contribution in [3.63, 3.8) is 0 Å². The van der Waals surface area contributed by atoms with Crippen molar-refractivity contribution in [2.75, 3.05) is 6.61 Å². The van der Waals surface area contributed by atoms with E-state index >= 15 is 0 Å². The first-order valence-corrected chi connectivity index (χ1v) is 4.09. The summed E-state index contributed by atoms with van der Waals surface area (Å²) in [6, 6.07) is 0. The standard InChI is InChI=1S/C7H11NOS/c1-5-7(3-4-9)10-6(2)8-5/h9H,3-4H2,1-2H3. The van der Waals surface area contributed by atoms with Gasteiger partial charge in [0.15, 0.2) is 0 Å². The zero-order valence-corrected chi connectivity index (χ0v) is 7.03. The quantitative estimate of drug-likeness (QED) is 0.701. The molecule has 1 N–H and O–H groups in total. The van der Waals surface area contributed by atoms with Crippen LogP contribution in [0.4, 0.5) is 0 Å². The molecule has 0 aliphatic carbocycles. The third-order valence-corrected chi connectivity index (χ3v) is 2.47. The molecule has 0 bridgehead atoms. The zero-order chi connectivity index (χ0) is 7.56. The zero-order valence-electron chi connectivity index (χ0n) is 6.22. The van der Waals surface area contributed by atoms with E-state index in [9.17, 15) is 0 Å². The SMILES string of the molecule is Cc1nc(C)c(CCO)s1. The average molecular weight is 157 g/mol. The summed E-state index contributed by atoms with van der Waals surface area (Å²) in [5.41, 5.74) is 1.07. The lowest BCUT2D eigenvalue weighted by Crippen LogP contribution is -1.88. The van der Waals surface area contributed by atoms with Crippen LogP contribution in [0.1, 0.15) is 15.6 Å². The second-order valence-electron chi connectivity index (χ2n) is 2.22. The van der Waals surface area contributed by atoms with E-state index in [4.69, 9.17) is 5.11 Å². The number of aromatic nitrogens is 1. The van der Waals surface area contributed by atoms with E-state index in [1.54, 1.807) is 11.3 Å².